The van der Waals surface area contributed by atoms with Gasteiger partial charge in [0.1, 0.15) is 5.75 Å². The van der Waals surface area contributed by atoms with E-state index in [2.05, 4.69) is 10.6 Å². The fraction of sp³-hybridized carbons (Fsp3) is 0. The molecule has 8 heteroatoms. The highest BCUT2D eigenvalue weighted by atomic mass is 32.2. The molecule has 0 fully saturated rings. The average molecular weight is 357 g/mol. The molecule has 25 heavy (non-hydrogen) atoms. The molecule has 0 atom stereocenters. The number of aromatic hydroxyl groups is 1. The first-order valence-electron chi connectivity index (χ1n) is 7.25. The molecule has 3 aromatic rings. The number of phenolic OH excluding ortho intramolecular Hbond substituents is 1. The largest absolute Gasteiger partial charge is 0.508 e. The summed E-state index contributed by atoms with van der Waals surface area (Å²) in [5.74, 6) is 0.0861. The maximum absolute atomic E-state index is 12.2. The van der Waals surface area contributed by atoms with Gasteiger partial charge in [0.15, 0.2) is 0 Å². The number of carbonyl (C=O) groups excluding carboxylic acids is 1. The Balaban J connectivity index is 1.83. The van der Waals surface area contributed by atoms with Gasteiger partial charge in [0.05, 0.1) is 10.6 Å². The Morgan fingerprint density at radius 3 is 2.48 bits per heavy atom. The number of nitrogens with two attached hydrogens (primary N) is 1. The number of hydrogen-bond donors (Lipinski definition) is 4. The van der Waals surface area contributed by atoms with E-state index in [1.54, 1.807) is 36.4 Å². The Bertz CT molecular complexity index is 1060. The van der Waals surface area contributed by atoms with Crippen LogP contribution in [-0.4, -0.2) is 19.6 Å². The number of sulfonamides is 1. The Morgan fingerprint density at radius 1 is 0.960 bits per heavy atom. The van der Waals surface area contributed by atoms with Crippen molar-refractivity contribution < 1.29 is 18.3 Å². The SMILES string of the molecule is NS(=O)(=O)c1cccc(NC(=O)Nc2cccc3ccc(O)cc23)c1. The number of primary sulfonamides is 1. The van der Waals surface area contributed by atoms with Gasteiger partial charge in [-0.25, -0.2) is 18.4 Å². The van der Waals surface area contributed by atoms with Gasteiger partial charge in [-0.05, 0) is 41.8 Å². The lowest BCUT2D eigenvalue weighted by Crippen LogP contribution is -2.20. The summed E-state index contributed by atoms with van der Waals surface area (Å²) in [4.78, 5) is 12.1. The van der Waals surface area contributed by atoms with E-state index in [1.165, 1.54) is 18.2 Å². The lowest BCUT2D eigenvalue weighted by Gasteiger charge is -2.11. The van der Waals surface area contributed by atoms with Crippen molar-refractivity contribution in [2.45, 2.75) is 4.90 Å². The first-order chi connectivity index (χ1) is 11.8. The predicted molar refractivity (Wildman–Crippen MR) is 96.1 cm³/mol. The second-order valence-corrected chi connectivity index (χ2v) is 6.92. The smallest absolute Gasteiger partial charge is 0.323 e. The van der Waals surface area contributed by atoms with Crippen molar-refractivity contribution >= 4 is 38.2 Å². The summed E-state index contributed by atoms with van der Waals surface area (Å²) in [7, 11) is -3.85. The van der Waals surface area contributed by atoms with Crippen molar-refractivity contribution in [3.8, 4) is 5.75 Å². The van der Waals surface area contributed by atoms with E-state index in [1.807, 2.05) is 6.07 Å². The maximum Gasteiger partial charge on any atom is 0.323 e. The molecule has 0 saturated heterocycles. The number of urea groups is 1. The summed E-state index contributed by atoms with van der Waals surface area (Å²) in [5, 5.41) is 21.5. The fourth-order valence-corrected chi connectivity index (χ4v) is 2.96. The zero-order valence-electron chi connectivity index (χ0n) is 12.9. The van der Waals surface area contributed by atoms with Crippen molar-refractivity contribution in [1.29, 1.82) is 0 Å². The molecular formula is C17H15N3O4S. The quantitative estimate of drug-likeness (QED) is 0.576. The molecule has 0 unspecified atom stereocenters. The molecule has 0 aliphatic carbocycles. The van der Waals surface area contributed by atoms with Gasteiger partial charge in [0, 0.05) is 11.1 Å². The summed E-state index contributed by atoms with van der Waals surface area (Å²) in [5.41, 5.74) is 0.792. The fourth-order valence-electron chi connectivity index (χ4n) is 2.41. The number of hydrogen-bond acceptors (Lipinski definition) is 4. The molecule has 0 radical (unpaired) electrons. The standard InChI is InChI=1S/C17H15N3O4S/c18-25(23,24)14-5-2-4-12(9-14)19-17(22)20-16-6-1-3-11-7-8-13(21)10-15(11)16/h1-10,21H,(H2,18,23,24)(H2,19,20,22). The third kappa shape index (κ3) is 3.87. The topological polar surface area (TPSA) is 122 Å². The Labute approximate surface area is 144 Å². The number of rotatable bonds is 3. The van der Waals surface area contributed by atoms with Crippen LogP contribution in [0.25, 0.3) is 10.8 Å². The highest BCUT2D eigenvalue weighted by Gasteiger charge is 2.10. The van der Waals surface area contributed by atoms with E-state index >= 15 is 0 Å². The molecule has 0 spiro atoms. The molecule has 0 saturated carbocycles. The molecule has 0 aliphatic heterocycles. The number of nitrogens with one attached hydrogen (secondary N) is 2. The predicted octanol–water partition coefficient (Wildman–Crippen LogP) is 2.84. The van der Waals surface area contributed by atoms with Crippen LogP contribution in [0.5, 0.6) is 5.75 Å². The Morgan fingerprint density at radius 2 is 1.72 bits per heavy atom. The number of benzene rings is 3. The lowest BCUT2D eigenvalue weighted by atomic mass is 10.1. The summed E-state index contributed by atoms with van der Waals surface area (Å²) >= 11 is 0. The summed E-state index contributed by atoms with van der Waals surface area (Å²) < 4.78 is 22.7. The molecule has 0 aliphatic rings. The van der Waals surface area contributed by atoms with Gasteiger partial charge in [-0.1, -0.05) is 24.3 Å². The Kier molecular flexibility index (Phi) is 4.30. The lowest BCUT2D eigenvalue weighted by molar-refractivity contribution is 0.262. The van der Waals surface area contributed by atoms with Gasteiger partial charge in [-0.2, -0.15) is 0 Å². The van der Waals surface area contributed by atoms with Crippen molar-refractivity contribution in [2.75, 3.05) is 10.6 Å². The minimum Gasteiger partial charge on any atom is -0.508 e. The van der Waals surface area contributed by atoms with E-state index in [4.69, 9.17) is 5.14 Å². The first kappa shape index (κ1) is 16.7. The van der Waals surface area contributed by atoms with Crippen LogP contribution < -0.4 is 15.8 Å². The van der Waals surface area contributed by atoms with Gasteiger partial charge < -0.3 is 15.7 Å². The zero-order chi connectivity index (χ0) is 18.0. The van der Waals surface area contributed by atoms with Gasteiger partial charge in [-0.3, -0.25) is 0 Å². The third-order valence-electron chi connectivity index (χ3n) is 3.53. The summed E-state index contributed by atoms with van der Waals surface area (Å²) in [6.45, 7) is 0. The molecule has 2 amide bonds. The van der Waals surface area contributed by atoms with Gasteiger partial charge in [0.2, 0.25) is 10.0 Å². The molecule has 5 N–H and O–H groups in total. The van der Waals surface area contributed by atoms with Crippen LogP contribution in [0.15, 0.2) is 65.6 Å². The number of phenols is 1. The van der Waals surface area contributed by atoms with Gasteiger partial charge in [0.25, 0.3) is 0 Å². The highest BCUT2D eigenvalue weighted by Crippen LogP contribution is 2.27. The second-order valence-electron chi connectivity index (χ2n) is 5.36. The maximum atomic E-state index is 12.2. The van der Waals surface area contributed by atoms with Crippen LogP contribution in [0.3, 0.4) is 0 Å². The number of anilines is 2. The zero-order valence-corrected chi connectivity index (χ0v) is 13.7. The molecule has 0 aromatic heterocycles. The van der Waals surface area contributed by atoms with Crippen molar-refractivity contribution in [2.24, 2.45) is 5.14 Å². The van der Waals surface area contributed by atoms with Crippen LogP contribution >= 0.6 is 0 Å². The van der Waals surface area contributed by atoms with Crippen LogP contribution in [0.2, 0.25) is 0 Å². The van der Waals surface area contributed by atoms with E-state index in [-0.39, 0.29) is 16.3 Å². The van der Waals surface area contributed by atoms with Crippen molar-refractivity contribution in [3.05, 3.63) is 60.7 Å². The van der Waals surface area contributed by atoms with E-state index in [0.717, 1.165) is 5.39 Å². The molecular weight excluding hydrogens is 342 g/mol. The second kappa shape index (κ2) is 6.42. The molecule has 3 rings (SSSR count). The number of carbonyl (C=O) groups is 1. The monoisotopic (exact) mass is 357 g/mol. The number of fused-ring (bicyclic) bond motifs is 1. The molecule has 0 heterocycles. The van der Waals surface area contributed by atoms with E-state index in [9.17, 15) is 18.3 Å². The number of amides is 2. The molecule has 7 nitrogen and oxygen atoms in total. The van der Waals surface area contributed by atoms with E-state index in [0.29, 0.717) is 11.1 Å². The van der Waals surface area contributed by atoms with Crippen molar-refractivity contribution in [3.63, 3.8) is 0 Å². The van der Waals surface area contributed by atoms with Gasteiger partial charge in [-0.15, -0.1) is 0 Å². The molecule has 0 bridgehead atoms. The van der Waals surface area contributed by atoms with Crippen LogP contribution in [0.1, 0.15) is 0 Å². The van der Waals surface area contributed by atoms with Crippen molar-refractivity contribution in [1.82, 2.24) is 0 Å². The summed E-state index contributed by atoms with van der Waals surface area (Å²) in [6.07, 6.45) is 0. The van der Waals surface area contributed by atoms with Crippen LogP contribution in [0.4, 0.5) is 16.2 Å². The van der Waals surface area contributed by atoms with Crippen LogP contribution in [-0.2, 0) is 10.0 Å². The summed E-state index contributed by atoms with van der Waals surface area (Å²) in [6, 6.07) is 15.2. The normalized spacial score (nSPS) is 11.2. The first-order valence-corrected chi connectivity index (χ1v) is 8.80. The molecule has 128 valence electrons. The van der Waals surface area contributed by atoms with E-state index < -0.39 is 16.1 Å². The Hall–Kier alpha value is -3.10. The molecule has 3 aromatic carbocycles. The average Bonchev–Trinajstić information content (AvgIpc) is 2.55. The van der Waals surface area contributed by atoms with Gasteiger partial charge >= 0.3 is 6.03 Å². The highest BCUT2D eigenvalue weighted by molar-refractivity contribution is 7.89. The minimum absolute atomic E-state index is 0.0861. The third-order valence-corrected chi connectivity index (χ3v) is 4.45. The van der Waals surface area contributed by atoms with Crippen LogP contribution in [0, 0.1) is 0 Å². The minimum atomic E-state index is -3.85.